The standard InChI is InChI=1S/C17H26N2/c1-13-9-10-17(12-18,19(2)11-14-7-8-14)16-6-4-3-5-15(13)16/h3-6,13-14H,7-12,18H2,1-2H3. The van der Waals surface area contributed by atoms with Gasteiger partial charge in [0.1, 0.15) is 0 Å². The SMILES string of the molecule is CC1CCC(CN)(N(C)CC2CC2)c2ccccc21. The van der Waals surface area contributed by atoms with Gasteiger partial charge in [-0.3, -0.25) is 4.90 Å². The number of hydrogen-bond donors (Lipinski definition) is 1. The minimum atomic E-state index is 0.0751. The third-order valence-electron chi connectivity index (χ3n) is 5.28. The molecule has 2 atom stereocenters. The zero-order valence-corrected chi connectivity index (χ0v) is 12.2. The van der Waals surface area contributed by atoms with Crippen molar-refractivity contribution in [2.45, 2.75) is 44.1 Å². The van der Waals surface area contributed by atoms with Crippen LogP contribution in [-0.2, 0) is 5.54 Å². The highest BCUT2D eigenvalue weighted by Crippen LogP contribution is 2.45. The fourth-order valence-electron chi connectivity index (χ4n) is 3.72. The summed E-state index contributed by atoms with van der Waals surface area (Å²) < 4.78 is 0. The summed E-state index contributed by atoms with van der Waals surface area (Å²) in [7, 11) is 2.28. The Bertz CT molecular complexity index is 452. The fraction of sp³-hybridized carbons (Fsp3) is 0.647. The Hall–Kier alpha value is -0.860. The minimum absolute atomic E-state index is 0.0751. The Morgan fingerprint density at radius 1 is 1.26 bits per heavy atom. The maximum Gasteiger partial charge on any atom is 0.0584 e. The predicted octanol–water partition coefficient (Wildman–Crippen LogP) is 3.08. The van der Waals surface area contributed by atoms with Crippen LogP contribution in [0.1, 0.15) is 49.7 Å². The van der Waals surface area contributed by atoms with Gasteiger partial charge >= 0.3 is 0 Å². The lowest BCUT2D eigenvalue weighted by atomic mass is 9.71. The highest BCUT2D eigenvalue weighted by molar-refractivity contribution is 5.39. The van der Waals surface area contributed by atoms with Crippen LogP contribution in [0.3, 0.4) is 0 Å². The molecule has 2 unspecified atom stereocenters. The topological polar surface area (TPSA) is 29.3 Å². The van der Waals surface area contributed by atoms with E-state index in [-0.39, 0.29) is 5.54 Å². The smallest absolute Gasteiger partial charge is 0.0584 e. The molecule has 2 aliphatic rings. The van der Waals surface area contributed by atoms with E-state index >= 15 is 0 Å². The number of benzene rings is 1. The Balaban J connectivity index is 1.98. The molecule has 1 aromatic rings. The van der Waals surface area contributed by atoms with E-state index in [1.54, 1.807) is 0 Å². The third kappa shape index (κ3) is 2.21. The molecular weight excluding hydrogens is 232 g/mol. The minimum Gasteiger partial charge on any atom is -0.328 e. The maximum absolute atomic E-state index is 6.25. The summed E-state index contributed by atoms with van der Waals surface area (Å²) in [6, 6.07) is 8.95. The van der Waals surface area contributed by atoms with Gasteiger partial charge in [-0.1, -0.05) is 31.2 Å². The molecule has 0 aromatic heterocycles. The van der Waals surface area contributed by atoms with Crippen molar-refractivity contribution < 1.29 is 0 Å². The monoisotopic (exact) mass is 258 g/mol. The lowest BCUT2D eigenvalue weighted by Crippen LogP contribution is -2.52. The van der Waals surface area contributed by atoms with Crippen molar-refractivity contribution >= 4 is 0 Å². The van der Waals surface area contributed by atoms with Crippen molar-refractivity contribution in [3.63, 3.8) is 0 Å². The second-order valence-corrected chi connectivity index (χ2v) is 6.59. The molecule has 2 N–H and O–H groups in total. The maximum atomic E-state index is 6.25. The second-order valence-electron chi connectivity index (χ2n) is 6.59. The van der Waals surface area contributed by atoms with Gasteiger partial charge in [-0.2, -0.15) is 0 Å². The van der Waals surface area contributed by atoms with E-state index in [0.29, 0.717) is 5.92 Å². The van der Waals surface area contributed by atoms with Crippen molar-refractivity contribution in [3.8, 4) is 0 Å². The molecule has 0 spiro atoms. The molecule has 2 nitrogen and oxygen atoms in total. The lowest BCUT2D eigenvalue weighted by molar-refractivity contribution is 0.0945. The average Bonchev–Trinajstić information content (AvgIpc) is 3.24. The number of likely N-dealkylation sites (N-methyl/N-ethyl adjacent to an activating group) is 1. The molecular formula is C17H26N2. The van der Waals surface area contributed by atoms with Crippen LogP contribution in [-0.4, -0.2) is 25.0 Å². The summed E-state index contributed by atoms with van der Waals surface area (Å²) in [6.45, 7) is 4.29. The number of nitrogens with zero attached hydrogens (tertiary/aromatic N) is 1. The quantitative estimate of drug-likeness (QED) is 0.899. The van der Waals surface area contributed by atoms with Crippen molar-refractivity contribution in [3.05, 3.63) is 35.4 Å². The van der Waals surface area contributed by atoms with Crippen LogP contribution in [0, 0.1) is 5.92 Å². The highest BCUT2D eigenvalue weighted by Gasteiger charge is 2.42. The summed E-state index contributed by atoms with van der Waals surface area (Å²) in [5, 5.41) is 0. The molecule has 0 radical (unpaired) electrons. The summed E-state index contributed by atoms with van der Waals surface area (Å²) in [5.41, 5.74) is 9.33. The number of nitrogens with two attached hydrogens (primary N) is 1. The summed E-state index contributed by atoms with van der Waals surface area (Å²) >= 11 is 0. The number of fused-ring (bicyclic) bond motifs is 1. The summed E-state index contributed by atoms with van der Waals surface area (Å²) in [6.07, 6.45) is 5.26. The molecule has 2 heteroatoms. The van der Waals surface area contributed by atoms with Gasteiger partial charge in [0.2, 0.25) is 0 Å². The zero-order chi connectivity index (χ0) is 13.5. The molecule has 0 amide bonds. The van der Waals surface area contributed by atoms with E-state index in [1.807, 2.05) is 0 Å². The van der Waals surface area contributed by atoms with E-state index in [4.69, 9.17) is 5.73 Å². The molecule has 0 aliphatic heterocycles. The van der Waals surface area contributed by atoms with Gasteiger partial charge in [-0.25, -0.2) is 0 Å². The van der Waals surface area contributed by atoms with Gasteiger partial charge in [0.25, 0.3) is 0 Å². The lowest BCUT2D eigenvalue weighted by Gasteiger charge is -2.47. The first-order chi connectivity index (χ1) is 9.17. The predicted molar refractivity (Wildman–Crippen MR) is 80.2 cm³/mol. The van der Waals surface area contributed by atoms with E-state index < -0.39 is 0 Å². The second kappa shape index (κ2) is 4.92. The van der Waals surface area contributed by atoms with Crippen molar-refractivity contribution in [2.24, 2.45) is 11.7 Å². The van der Waals surface area contributed by atoms with Crippen LogP contribution >= 0.6 is 0 Å². The van der Waals surface area contributed by atoms with Gasteiger partial charge < -0.3 is 5.73 Å². The first-order valence-electron chi connectivity index (χ1n) is 7.68. The summed E-state index contributed by atoms with van der Waals surface area (Å²) in [4.78, 5) is 2.55. The van der Waals surface area contributed by atoms with Crippen molar-refractivity contribution in [1.82, 2.24) is 4.90 Å². The molecule has 2 aliphatic carbocycles. The molecule has 3 rings (SSSR count). The van der Waals surface area contributed by atoms with E-state index in [1.165, 1.54) is 43.4 Å². The van der Waals surface area contributed by atoms with E-state index in [9.17, 15) is 0 Å². The Morgan fingerprint density at radius 3 is 2.68 bits per heavy atom. The normalized spacial score (nSPS) is 30.4. The van der Waals surface area contributed by atoms with Crippen LogP contribution in [0.4, 0.5) is 0 Å². The van der Waals surface area contributed by atoms with Gasteiger partial charge in [0, 0.05) is 13.1 Å². The van der Waals surface area contributed by atoms with E-state index in [2.05, 4.69) is 43.1 Å². The van der Waals surface area contributed by atoms with Crippen LogP contribution in [0.5, 0.6) is 0 Å². The first kappa shape index (κ1) is 13.1. The van der Waals surface area contributed by atoms with Gasteiger partial charge in [0.05, 0.1) is 5.54 Å². The number of hydrogen-bond acceptors (Lipinski definition) is 2. The van der Waals surface area contributed by atoms with Gasteiger partial charge in [-0.15, -0.1) is 0 Å². The fourth-order valence-corrected chi connectivity index (χ4v) is 3.72. The van der Waals surface area contributed by atoms with E-state index in [0.717, 1.165) is 12.5 Å². The van der Waals surface area contributed by atoms with Gasteiger partial charge in [0.15, 0.2) is 0 Å². The average molecular weight is 258 g/mol. The Morgan fingerprint density at radius 2 is 2.00 bits per heavy atom. The molecule has 104 valence electrons. The third-order valence-corrected chi connectivity index (χ3v) is 5.28. The molecule has 19 heavy (non-hydrogen) atoms. The zero-order valence-electron chi connectivity index (χ0n) is 12.2. The highest BCUT2D eigenvalue weighted by atomic mass is 15.2. The van der Waals surface area contributed by atoms with Crippen molar-refractivity contribution in [2.75, 3.05) is 20.1 Å². The largest absolute Gasteiger partial charge is 0.328 e. The van der Waals surface area contributed by atoms with Crippen LogP contribution in [0.15, 0.2) is 24.3 Å². The Kier molecular flexibility index (Phi) is 3.40. The summed E-state index contributed by atoms with van der Waals surface area (Å²) in [5.74, 6) is 1.59. The molecule has 0 saturated heterocycles. The molecule has 1 aromatic carbocycles. The molecule has 0 bridgehead atoms. The molecule has 1 saturated carbocycles. The Labute approximate surface area is 117 Å². The number of rotatable bonds is 4. The molecule has 1 fully saturated rings. The van der Waals surface area contributed by atoms with Crippen molar-refractivity contribution in [1.29, 1.82) is 0 Å². The van der Waals surface area contributed by atoms with Crippen LogP contribution in [0.25, 0.3) is 0 Å². The van der Waals surface area contributed by atoms with Crippen LogP contribution < -0.4 is 5.73 Å². The molecule has 0 heterocycles. The first-order valence-corrected chi connectivity index (χ1v) is 7.68. The van der Waals surface area contributed by atoms with Gasteiger partial charge in [-0.05, 0) is 55.7 Å². The van der Waals surface area contributed by atoms with Crippen LogP contribution in [0.2, 0.25) is 0 Å².